The predicted octanol–water partition coefficient (Wildman–Crippen LogP) is 4.45. The number of nitrogens with zero attached hydrogens (tertiary/aromatic N) is 2. The summed E-state index contributed by atoms with van der Waals surface area (Å²) in [5.41, 5.74) is 3.33. The maximum Gasteiger partial charge on any atom is 0.264 e. The molecule has 0 aliphatic rings. The van der Waals surface area contributed by atoms with E-state index in [0.29, 0.717) is 16.3 Å². The second kappa shape index (κ2) is 9.88. The molecule has 3 aromatic rings. The van der Waals surface area contributed by atoms with Crippen LogP contribution < -0.4 is 9.73 Å². The zero-order valence-electron chi connectivity index (χ0n) is 15.6. The highest BCUT2D eigenvalue weighted by Crippen LogP contribution is 2.25. The van der Waals surface area contributed by atoms with Crippen LogP contribution in [0.3, 0.4) is 0 Å². The number of carbonyl (C=O) groups is 1. The summed E-state index contributed by atoms with van der Waals surface area (Å²) in [5.74, 6) is -0.597. The summed E-state index contributed by atoms with van der Waals surface area (Å²) in [6.45, 7) is -0.446. The zero-order valence-corrected chi connectivity index (χ0v) is 18.7. The van der Waals surface area contributed by atoms with E-state index < -0.39 is 22.5 Å². The fourth-order valence-electron chi connectivity index (χ4n) is 2.56. The lowest BCUT2D eigenvalue weighted by atomic mass is 10.2. The summed E-state index contributed by atoms with van der Waals surface area (Å²) in [6.07, 6.45) is 1.40. The van der Waals surface area contributed by atoms with Crippen LogP contribution in [0.4, 0.5) is 5.69 Å². The number of hydrogen-bond acceptors (Lipinski definition) is 4. The maximum atomic E-state index is 13.2. The van der Waals surface area contributed by atoms with E-state index in [0.717, 1.165) is 8.78 Å². The van der Waals surface area contributed by atoms with E-state index in [9.17, 15) is 13.2 Å². The molecule has 0 spiro atoms. The van der Waals surface area contributed by atoms with Crippen LogP contribution in [-0.4, -0.2) is 27.1 Å². The van der Waals surface area contributed by atoms with Gasteiger partial charge >= 0.3 is 0 Å². The molecule has 154 valence electrons. The minimum Gasteiger partial charge on any atom is -0.271 e. The normalized spacial score (nSPS) is 11.4. The number of carbonyl (C=O) groups excluding carboxylic acids is 1. The molecule has 0 saturated heterocycles. The Hall–Kier alpha value is -2.68. The fourth-order valence-corrected chi connectivity index (χ4v) is 4.45. The Labute approximate surface area is 188 Å². The van der Waals surface area contributed by atoms with E-state index in [1.165, 1.54) is 18.3 Å². The molecule has 6 nitrogen and oxygen atoms in total. The van der Waals surface area contributed by atoms with Gasteiger partial charge in [-0.3, -0.25) is 9.10 Å². The van der Waals surface area contributed by atoms with Gasteiger partial charge in [0.15, 0.2) is 0 Å². The van der Waals surface area contributed by atoms with Crippen LogP contribution in [-0.2, 0) is 14.8 Å². The fraction of sp³-hybridized carbons (Fsp3) is 0.0476. The highest BCUT2D eigenvalue weighted by molar-refractivity contribution is 9.10. The summed E-state index contributed by atoms with van der Waals surface area (Å²) < 4.78 is 28.2. The van der Waals surface area contributed by atoms with Crippen molar-refractivity contribution in [2.75, 3.05) is 10.8 Å². The van der Waals surface area contributed by atoms with Crippen LogP contribution in [0.15, 0.2) is 93.3 Å². The van der Waals surface area contributed by atoms with Crippen molar-refractivity contribution in [1.82, 2.24) is 5.43 Å². The number of halogens is 2. The topological polar surface area (TPSA) is 78.8 Å². The van der Waals surface area contributed by atoms with Crippen LogP contribution in [0, 0.1) is 0 Å². The third-order valence-corrected chi connectivity index (χ3v) is 6.69. The molecule has 0 fully saturated rings. The number of benzene rings is 3. The van der Waals surface area contributed by atoms with Gasteiger partial charge in [-0.1, -0.05) is 63.9 Å². The van der Waals surface area contributed by atoms with Gasteiger partial charge < -0.3 is 0 Å². The van der Waals surface area contributed by atoms with Crippen molar-refractivity contribution in [2.24, 2.45) is 5.10 Å². The van der Waals surface area contributed by atoms with E-state index in [2.05, 4.69) is 26.5 Å². The van der Waals surface area contributed by atoms with Gasteiger partial charge in [-0.05, 0) is 42.5 Å². The number of nitrogens with one attached hydrogen (secondary N) is 1. The van der Waals surface area contributed by atoms with Gasteiger partial charge in [0.25, 0.3) is 15.9 Å². The predicted molar refractivity (Wildman–Crippen MR) is 122 cm³/mol. The molecule has 3 aromatic carbocycles. The van der Waals surface area contributed by atoms with Gasteiger partial charge in [0.2, 0.25) is 0 Å². The number of rotatable bonds is 7. The Morgan fingerprint density at radius 2 is 1.63 bits per heavy atom. The number of hydrazone groups is 1. The van der Waals surface area contributed by atoms with E-state index in [4.69, 9.17) is 11.6 Å². The van der Waals surface area contributed by atoms with Crippen LogP contribution >= 0.6 is 27.5 Å². The van der Waals surface area contributed by atoms with E-state index in [1.807, 2.05) is 0 Å². The van der Waals surface area contributed by atoms with Gasteiger partial charge in [-0.15, -0.1) is 0 Å². The SMILES string of the molecule is O=C(CN(c1ccc(Br)cc1)S(=O)(=O)c1ccccc1)N/N=C\c1ccccc1Cl. The molecule has 0 aromatic heterocycles. The molecule has 30 heavy (non-hydrogen) atoms. The lowest BCUT2D eigenvalue weighted by Crippen LogP contribution is -2.39. The lowest BCUT2D eigenvalue weighted by Gasteiger charge is -2.23. The monoisotopic (exact) mass is 505 g/mol. The van der Waals surface area contributed by atoms with Crippen molar-refractivity contribution in [3.63, 3.8) is 0 Å². The lowest BCUT2D eigenvalue weighted by molar-refractivity contribution is -0.119. The second-order valence-corrected chi connectivity index (χ2v) is 9.30. The number of sulfonamides is 1. The first-order valence-electron chi connectivity index (χ1n) is 8.78. The Morgan fingerprint density at radius 3 is 2.30 bits per heavy atom. The average Bonchev–Trinajstić information content (AvgIpc) is 2.75. The van der Waals surface area contributed by atoms with Gasteiger partial charge in [-0.25, -0.2) is 13.8 Å². The summed E-state index contributed by atoms with van der Waals surface area (Å²) >= 11 is 9.37. The molecule has 0 heterocycles. The molecule has 0 aliphatic carbocycles. The first kappa shape index (κ1) is 22.0. The standard InChI is InChI=1S/C21H17BrClN3O3S/c22-17-10-12-18(13-11-17)26(30(28,29)19-7-2-1-3-8-19)15-21(27)25-24-14-16-6-4-5-9-20(16)23/h1-14H,15H2,(H,25,27)/b24-14-. The zero-order chi connectivity index (χ0) is 21.6. The number of anilines is 1. The minimum atomic E-state index is -3.96. The Balaban J connectivity index is 1.83. The van der Waals surface area contributed by atoms with E-state index >= 15 is 0 Å². The molecule has 0 unspecified atom stereocenters. The van der Waals surface area contributed by atoms with Crippen molar-refractivity contribution in [3.05, 3.63) is 93.9 Å². The smallest absolute Gasteiger partial charge is 0.264 e. The van der Waals surface area contributed by atoms with E-state index in [1.54, 1.807) is 66.7 Å². The molecular weight excluding hydrogens is 490 g/mol. The van der Waals surface area contributed by atoms with Crippen LogP contribution in [0.5, 0.6) is 0 Å². The summed E-state index contributed by atoms with van der Waals surface area (Å²) in [7, 11) is -3.96. The van der Waals surface area contributed by atoms with Gasteiger partial charge in [0.1, 0.15) is 6.54 Å². The second-order valence-electron chi connectivity index (χ2n) is 6.12. The minimum absolute atomic E-state index is 0.0836. The van der Waals surface area contributed by atoms with Crippen molar-refractivity contribution in [1.29, 1.82) is 0 Å². The maximum absolute atomic E-state index is 13.2. The largest absolute Gasteiger partial charge is 0.271 e. The highest BCUT2D eigenvalue weighted by atomic mass is 79.9. The van der Waals surface area contributed by atoms with Gasteiger partial charge in [0, 0.05) is 15.1 Å². The van der Waals surface area contributed by atoms with Gasteiger partial charge in [0.05, 0.1) is 16.8 Å². The van der Waals surface area contributed by atoms with Crippen molar-refractivity contribution in [2.45, 2.75) is 4.90 Å². The van der Waals surface area contributed by atoms with Gasteiger partial charge in [-0.2, -0.15) is 5.10 Å². The third kappa shape index (κ3) is 5.47. The molecule has 0 radical (unpaired) electrons. The van der Waals surface area contributed by atoms with Crippen LogP contribution in [0.1, 0.15) is 5.56 Å². The summed E-state index contributed by atoms with van der Waals surface area (Å²) in [4.78, 5) is 12.6. The van der Waals surface area contributed by atoms with Crippen LogP contribution in [0.2, 0.25) is 5.02 Å². The molecule has 9 heteroatoms. The van der Waals surface area contributed by atoms with Crippen molar-refractivity contribution >= 4 is 55.4 Å². The molecular formula is C21H17BrClN3O3S. The van der Waals surface area contributed by atoms with Crippen molar-refractivity contribution < 1.29 is 13.2 Å². The molecule has 0 saturated carbocycles. The van der Waals surface area contributed by atoms with E-state index in [-0.39, 0.29) is 4.90 Å². The molecule has 0 aliphatic heterocycles. The summed E-state index contributed by atoms with van der Waals surface area (Å²) in [6, 6.07) is 21.6. The Bertz CT molecular complexity index is 1150. The van der Waals surface area contributed by atoms with Crippen molar-refractivity contribution in [3.8, 4) is 0 Å². The molecule has 0 atom stereocenters. The summed E-state index contributed by atoms with van der Waals surface area (Å²) in [5, 5.41) is 4.36. The first-order valence-corrected chi connectivity index (χ1v) is 11.4. The molecule has 3 rings (SSSR count). The molecule has 0 bridgehead atoms. The first-order chi connectivity index (χ1) is 14.4. The number of amides is 1. The third-order valence-electron chi connectivity index (χ3n) is 4.03. The number of hydrogen-bond donors (Lipinski definition) is 1. The molecule has 1 N–H and O–H groups in total. The van der Waals surface area contributed by atoms with Crippen LogP contribution in [0.25, 0.3) is 0 Å². The Kier molecular flexibility index (Phi) is 7.25. The average molecular weight is 507 g/mol. The quantitative estimate of drug-likeness (QED) is 0.380. The highest BCUT2D eigenvalue weighted by Gasteiger charge is 2.27. The Morgan fingerprint density at radius 1 is 1.00 bits per heavy atom. The molecule has 1 amide bonds.